The summed E-state index contributed by atoms with van der Waals surface area (Å²) >= 11 is 11.4. The smallest absolute Gasteiger partial charge is 0.247 e. The Morgan fingerprint density at radius 3 is 2.15 bits per heavy atom. The van der Waals surface area contributed by atoms with E-state index in [2.05, 4.69) is 0 Å². The molecule has 0 atom stereocenters. The fraction of sp³-hybridized carbons (Fsp3) is 0.833. The first-order valence-corrected chi connectivity index (χ1v) is 8.49. The van der Waals surface area contributed by atoms with Crippen LogP contribution in [0.1, 0.15) is 13.8 Å². The summed E-state index contributed by atoms with van der Waals surface area (Å²) in [6, 6.07) is 0. The number of nitrogens with two attached hydrogens (primary N) is 1. The molecule has 0 rings (SSSR count). The van der Waals surface area contributed by atoms with Crippen molar-refractivity contribution in [3.63, 3.8) is 0 Å². The average Bonchev–Trinajstić information content (AvgIpc) is 2.02. The normalized spacial score (nSPS) is 11.5. The van der Waals surface area contributed by atoms with Crippen LogP contribution in [0.2, 0.25) is 0 Å². The summed E-state index contributed by atoms with van der Waals surface area (Å²) in [6.07, 6.45) is 0. The van der Waals surface area contributed by atoms with Crippen molar-refractivity contribution in [1.29, 1.82) is 0 Å². The minimum atomic E-state index is -2.19. The summed E-state index contributed by atoms with van der Waals surface area (Å²) in [6.45, 7) is 4.89. The van der Waals surface area contributed by atoms with Crippen molar-refractivity contribution >= 4 is 46.1 Å². The second-order valence-corrected chi connectivity index (χ2v) is 8.86. The molecular formula is C6H14NO2PS3. The predicted molar refractivity (Wildman–Crippen MR) is 66.8 cm³/mol. The lowest BCUT2D eigenvalue weighted by Crippen LogP contribution is -2.10. The molecule has 0 aromatic carbocycles. The lowest BCUT2D eigenvalue weighted by Gasteiger charge is -2.19. The van der Waals surface area contributed by atoms with E-state index in [1.807, 2.05) is 13.8 Å². The molecule has 2 N–H and O–H groups in total. The highest BCUT2D eigenvalue weighted by Crippen LogP contribution is 2.60. The molecule has 78 valence electrons. The fourth-order valence-electron chi connectivity index (χ4n) is 0.571. The molecule has 0 bridgehead atoms. The van der Waals surface area contributed by atoms with Crippen LogP contribution >= 0.6 is 29.3 Å². The summed E-state index contributed by atoms with van der Waals surface area (Å²) in [5.41, 5.74) is 3.17. The van der Waals surface area contributed by atoms with Crippen LogP contribution in [-0.4, -0.2) is 24.0 Å². The van der Waals surface area contributed by atoms with Crippen LogP contribution in [0, 0.1) is 0 Å². The molecule has 0 amide bonds. The van der Waals surface area contributed by atoms with E-state index in [0.717, 1.165) is 0 Å². The van der Waals surface area contributed by atoms with Gasteiger partial charge in [0.05, 0.1) is 24.0 Å². The van der Waals surface area contributed by atoms with E-state index in [9.17, 15) is 0 Å². The first kappa shape index (κ1) is 13.8. The minimum Gasteiger partial charge on any atom is -0.393 e. The first-order valence-electron chi connectivity index (χ1n) is 3.86. The molecule has 0 fully saturated rings. The highest BCUT2D eigenvalue weighted by atomic mass is 32.9. The van der Waals surface area contributed by atoms with Gasteiger partial charge in [0, 0.05) is 0 Å². The molecule has 13 heavy (non-hydrogen) atoms. The molecule has 0 saturated heterocycles. The molecule has 0 aliphatic rings. The van der Waals surface area contributed by atoms with Crippen molar-refractivity contribution in [2.24, 2.45) is 5.73 Å². The molecule has 0 saturated carbocycles. The van der Waals surface area contributed by atoms with Gasteiger partial charge in [0.2, 0.25) is 5.69 Å². The third-order valence-electron chi connectivity index (χ3n) is 0.939. The van der Waals surface area contributed by atoms with E-state index in [1.54, 1.807) is 0 Å². The van der Waals surface area contributed by atoms with Gasteiger partial charge in [0.1, 0.15) is 0 Å². The van der Waals surface area contributed by atoms with Gasteiger partial charge in [-0.25, -0.2) is 0 Å². The SMILES string of the molecule is CCOP(=S)(OCC)SCC(N)=S. The van der Waals surface area contributed by atoms with Gasteiger partial charge in [0.15, 0.2) is 0 Å². The lowest BCUT2D eigenvalue weighted by atomic mass is 10.8. The van der Waals surface area contributed by atoms with Crippen molar-refractivity contribution in [3.8, 4) is 0 Å². The molecule has 3 nitrogen and oxygen atoms in total. The van der Waals surface area contributed by atoms with E-state index in [-0.39, 0.29) is 0 Å². The van der Waals surface area contributed by atoms with Crippen molar-refractivity contribution < 1.29 is 9.05 Å². The zero-order valence-corrected chi connectivity index (χ0v) is 11.0. The van der Waals surface area contributed by atoms with Crippen LogP contribution in [0.15, 0.2) is 0 Å². The molecule has 0 radical (unpaired) electrons. The van der Waals surface area contributed by atoms with Gasteiger partial charge >= 0.3 is 0 Å². The van der Waals surface area contributed by atoms with Gasteiger partial charge in [-0.05, 0) is 25.7 Å². The van der Waals surface area contributed by atoms with Crippen LogP contribution in [0.4, 0.5) is 0 Å². The van der Waals surface area contributed by atoms with E-state index in [1.165, 1.54) is 11.4 Å². The molecule has 0 aliphatic heterocycles. The zero-order chi connectivity index (χ0) is 10.3. The van der Waals surface area contributed by atoms with Gasteiger partial charge in [-0.1, -0.05) is 23.6 Å². The van der Waals surface area contributed by atoms with Gasteiger partial charge in [-0.2, -0.15) is 0 Å². The Kier molecular flexibility index (Phi) is 7.59. The Morgan fingerprint density at radius 2 is 1.85 bits per heavy atom. The highest BCUT2D eigenvalue weighted by molar-refractivity contribution is 8.68. The van der Waals surface area contributed by atoms with Crippen molar-refractivity contribution in [2.45, 2.75) is 13.8 Å². The Labute approximate surface area is 93.7 Å². The number of hydrogen-bond donors (Lipinski definition) is 1. The van der Waals surface area contributed by atoms with Crippen LogP contribution in [0.5, 0.6) is 0 Å². The lowest BCUT2D eigenvalue weighted by molar-refractivity contribution is 0.280. The van der Waals surface area contributed by atoms with Gasteiger partial charge in [-0.15, -0.1) is 0 Å². The Balaban J connectivity index is 4.07. The first-order chi connectivity index (χ1) is 6.04. The third kappa shape index (κ3) is 6.82. The molecule has 0 aromatic rings. The van der Waals surface area contributed by atoms with Crippen molar-refractivity contribution in [3.05, 3.63) is 0 Å². The third-order valence-corrected chi connectivity index (χ3v) is 6.72. The molecule has 0 heterocycles. The highest BCUT2D eigenvalue weighted by Gasteiger charge is 2.18. The van der Waals surface area contributed by atoms with Crippen LogP contribution in [0.25, 0.3) is 0 Å². The maximum Gasteiger partial charge on any atom is 0.247 e. The second kappa shape index (κ2) is 7.15. The Bertz CT molecular complexity index is 202. The van der Waals surface area contributed by atoms with Crippen molar-refractivity contribution in [1.82, 2.24) is 0 Å². The predicted octanol–water partition coefficient (Wildman–Crippen LogP) is 2.30. The zero-order valence-electron chi connectivity index (χ0n) is 7.69. The molecule has 7 heteroatoms. The van der Waals surface area contributed by atoms with E-state index in [0.29, 0.717) is 24.0 Å². The summed E-state index contributed by atoms with van der Waals surface area (Å²) in [5.74, 6) is 0.520. The standard InChI is InChI=1S/C6H14NO2PS3/c1-3-8-10(12,9-4-2)13-5-6(7)11/h3-5H2,1-2H3,(H2,7,11). The van der Waals surface area contributed by atoms with E-state index < -0.39 is 5.69 Å². The summed E-state index contributed by atoms with van der Waals surface area (Å²) in [7, 11) is 0. The average molecular weight is 259 g/mol. The monoisotopic (exact) mass is 259 g/mol. The van der Waals surface area contributed by atoms with Crippen LogP contribution in [-0.2, 0) is 20.9 Å². The maximum atomic E-state index is 5.37. The van der Waals surface area contributed by atoms with Crippen LogP contribution in [0.3, 0.4) is 0 Å². The van der Waals surface area contributed by atoms with Gasteiger partial charge in [0.25, 0.3) is 0 Å². The van der Waals surface area contributed by atoms with E-state index >= 15 is 0 Å². The quantitative estimate of drug-likeness (QED) is 0.559. The second-order valence-electron chi connectivity index (χ2n) is 2.02. The summed E-state index contributed by atoms with van der Waals surface area (Å²) < 4.78 is 10.7. The Morgan fingerprint density at radius 1 is 1.38 bits per heavy atom. The molecule has 0 aromatic heterocycles. The summed E-state index contributed by atoms with van der Waals surface area (Å²) in [5, 5.41) is 0. The van der Waals surface area contributed by atoms with Crippen molar-refractivity contribution in [2.75, 3.05) is 19.0 Å². The number of thiocarbonyl (C=S) groups is 1. The maximum absolute atomic E-state index is 5.37. The Hall–Kier alpha value is 0.810. The topological polar surface area (TPSA) is 44.5 Å². The number of hydrogen-bond acceptors (Lipinski definition) is 5. The van der Waals surface area contributed by atoms with Gasteiger partial charge < -0.3 is 14.8 Å². The largest absolute Gasteiger partial charge is 0.393 e. The molecule has 0 spiro atoms. The fourth-order valence-corrected chi connectivity index (χ4v) is 5.23. The molecule has 0 unspecified atom stereocenters. The minimum absolute atomic E-state index is 0.429. The van der Waals surface area contributed by atoms with E-state index in [4.69, 9.17) is 38.8 Å². The molecule has 0 aliphatic carbocycles. The van der Waals surface area contributed by atoms with Crippen LogP contribution < -0.4 is 5.73 Å². The number of rotatable bonds is 7. The molecular weight excluding hydrogens is 245 g/mol. The van der Waals surface area contributed by atoms with Gasteiger partial charge in [-0.3, -0.25) is 0 Å². The summed E-state index contributed by atoms with van der Waals surface area (Å²) in [4.78, 5) is 0.429.